The van der Waals surface area contributed by atoms with Crippen molar-refractivity contribution in [2.45, 2.75) is 39.7 Å². The predicted molar refractivity (Wildman–Crippen MR) is 84.6 cm³/mol. The number of allylic oxidation sites excluding steroid dienone is 3. The van der Waals surface area contributed by atoms with Crippen LogP contribution in [-0.2, 0) is 4.79 Å². The molecule has 0 spiro atoms. The summed E-state index contributed by atoms with van der Waals surface area (Å²) in [5, 5.41) is 0. The summed E-state index contributed by atoms with van der Waals surface area (Å²) >= 11 is 0. The Morgan fingerprint density at radius 3 is 2.52 bits per heavy atom. The van der Waals surface area contributed by atoms with Gasteiger partial charge in [0.25, 0.3) is 0 Å². The van der Waals surface area contributed by atoms with Crippen LogP contribution >= 0.6 is 0 Å². The van der Waals surface area contributed by atoms with Crippen molar-refractivity contribution in [3.05, 3.63) is 53.9 Å². The molecule has 1 amide bonds. The monoisotopic (exact) mass is 287 g/mol. The summed E-state index contributed by atoms with van der Waals surface area (Å²) in [6.07, 6.45) is 8.15. The summed E-state index contributed by atoms with van der Waals surface area (Å²) in [6, 6.07) is 6.21. The molecule has 2 unspecified atom stereocenters. The maximum absolute atomic E-state index is 13.0. The Balaban J connectivity index is 2.28. The van der Waals surface area contributed by atoms with Crippen LogP contribution in [0.5, 0.6) is 0 Å². The summed E-state index contributed by atoms with van der Waals surface area (Å²) < 4.78 is 13.0. The molecular weight excluding hydrogens is 265 g/mol. The lowest BCUT2D eigenvalue weighted by molar-refractivity contribution is -0.128. The van der Waals surface area contributed by atoms with Crippen LogP contribution in [0.25, 0.3) is 0 Å². The Hall–Kier alpha value is -1.90. The number of halogens is 1. The quantitative estimate of drug-likeness (QED) is 0.577. The fraction of sp³-hybridized carbons (Fsp3) is 0.389. The lowest BCUT2D eigenvalue weighted by Crippen LogP contribution is -2.61. The van der Waals surface area contributed by atoms with Crippen molar-refractivity contribution in [2.75, 3.05) is 4.90 Å². The molecule has 1 fully saturated rings. The summed E-state index contributed by atoms with van der Waals surface area (Å²) in [7, 11) is 0. The number of benzene rings is 1. The van der Waals surface area contributed by atoms with Crippen molar-refractivity contribution in [1.29, 1.82) is 0 Å². The summed E-state index contributed by atoms with van der Waals surface area (Å²) in [5.74, 6) is -0.199. The predicted octanol–water partition coefficient (Wildman–Crippen LogP) is 4.48. The fourth-order valence-corrected chi connectivity index (χ4v) is 2.76. The smallest absolute Gasteiger partial charge is 0.232 e. The van der Waals surface area contributed by atoms with Crippen molar-refractivity contribution in [2.24, 2.45) is 5.92 Å². The van der Waals surface area contributed by atoms with Gasteiger partial charge in [0.05, 0.1) is 12.0 Å². The molecule has 2 atom stereocenters. The minimum absolute atomic E-state index is 0.0173. The number of hydrogen-bond donors (Lipinski definition) is 0. The van der Waals surface area contributed by atoms with Gasteiger partial charge in [-0.2, -0.15) is 0 Å². The first-order valence-electron chi connectivity index (χ1n) is 7.54. The number of carbonyl (C=O) groups excluding carboxylic acids is 1. The molecule has 3 heteroatoms. The number of β-lactam (4-membered cyclic amide) rings is 1. The molecule has 112 valence electrons. The van der Waals surface area contributed by atoms with E-state index in [9.17, 15) is 9.18 Å². The first-order valence-corrected chi connectivity index (χ1v) is 7.54. The van der Waals surface area contributed by atoms with E-state index in [2.05, 4.69) is 32.1 Å². The van der Waals surface area contributed by atoms with Crippen LogP contribution in [0, 0.1) is 11.7 Å². The van der Waals surface area contributed by atoms with Crippen LogP contribution in [0.15, 0.2) is 48.1 Å². The molecule has 1 aromatic carbocycles. The first kappa shape index (κ1) is 15.5. The second-order valence-corrected chi connectivity index (χ2v) is 5.35. The third-order valence-corrected chi connectivity index (χ3v) is 3.95. The zero-order chi connectivity index (χ0) is 15.4. The van der Waals surface area contributed by atoms with Gasteiger partial charge in [-0.3, -0.25) is 4.79 Å². The summed E-state index contributed by atoms with van der Waals surface area (Å²) in [5.41, 5.74) is 2.00. The molecule has 0 radical (unpaired) electrons. The minimum Gasteiger partial charge on any atom is -0.304 e. The molecule has 1 heterocycles. The van der Waals surface area contributed by atoms with Crippen LogP contribution in [0.1, 0.15) is 33.6 Å². The SMILES string of the molecule is CC/C=C\C=C(/CC)C1C(C)C(=O)N1c1ccc(F)cc1. The van der Waals surface area contributed by atoms with Gasteiger partial charge in [-0.25, -0.2) is 4.39 Å². The third-order valence-electron chi connectivity index (χ3n) is 3.95. The van der Waals surface area contributed by atoms with Crippen molar-refractivity contribution in [1.82, 2.24) is 0 Å². The highest BCUT2D eigenvalue weighted by molar-refractivity contribution is 6.03. The molecule has 0 N–H and O–H groups in total. The zero-order valence-electron chi connectivity index (χ0n) is 12.8. The molecule has 1 aliphatic heterocycles. The van der Waals surface area contributed by atoms with Crippen molar-refractivity contribution in [3.8, 4) is 0 Å². The highest BCUT2D eigenvalue weighted by Crippen LogP contribution is 2.37. The van der Waals surface area contributed by atoms with Crippen LogP contribution in [0.2, 0.25) is 0 Å². The molecule has 0 bridgehead atoms. The molecule has 1 aliphatic rings. The minimum atomic E-state index is -0.284. The molecule has 21 heavy (non-hydrogen) atoms. The van der Waals surface area contributed by atoms with Gasteiger partial charge in [0.15, 0.2) is 0 Å². The summed E-state index contributed by atoms with van der Waals surface area (Å²) in [4.78, 5) is 14.0. The van der Waals surface area contributed by atoms with Gasteiger partial charge in [-0.15, -0.1) is 0 Å². The van der Waals surface area contributed by atoms with Gasteiger partial charge in [-0.1, -0.05) is 39.0 Å². The third kappa shape index (κ3) is 3.07. The van der Waals surface area contributed by atoms with Gasteiger partial charge in [0.1, 0.15) is 5.82 Å². The normalized spacial score (nSPS) is 22.8. The molecule has 0 saturated carbocycles. The molecule has 0 aliphatic carbocycles. The van der Waals surface area contributed by atoms with E-state index >= 15 is 0 Å². The largest absolute Gasteiger partial charge is 0.304 e. The molecule has 0 aromatic heterocycles. The average molecular weight is 287 g/mol. The first-order chi connectivity index (χ1) is 10.1. The lowest BCUT2D eigenvalue weighted by Gasteiger charge is -2.47. The zero-order valence-corrected chi connectivity index (χ0v) is 12.8. The van der Waals surface area contributed by atoms with Gasteiger partial charge in [0, 0.05) is 5.69 Å². The Bertz CT molecular complexity index is 559. The van der Waals surface area contributed by atoms with E-state index < -0.39 is 0 Å². The van der Waals surface area contributed by atoms with Gasteiger partial charge < -0.3 is 4.90 Å². The Labute approximate surface area is 126 Å². The standard InChI is InChI=1S/C18H22FNO/c1-4-6-7-8-14(5-2)17-13(3)18(21)20(17)16-11-9-15(19)10-12-16/h6-13,17H,4-5H2,1-3H3/b7-6-,14-8+. The lowest BCUT2D eigenvalue weighted by atomic mass is 9.81. The Morgan fingerprint density at radius 2 is 1.95 bits per heavy atom. The maximum atomic E-state index is 13.0. The van der Waals surface area contributed by atoms with E-state index in [-0.39, 0.29) is 23.7 Å². The number of rotatable bonds is 5. The molecule has 1 saturated heterocycles. The van der Waals surface area contributed by atoms with Crippen molar-refractivity contribution >= 4 is 11.6 Å². The fourth-order valence-electron chi connectivity index (χ4n) is 2.76. The highest BCUT2D eigenvalue weighted by atomic mass is 19.1. The molecule has 2 nitrogen and oxygen atoms in total. The topological polar surface area (TPSA) is 20.3 Å². The van der Waals surface area contributed by atoms with E-state index in [4.69, 9.17) is 0 Å². The summed E-state index contributed by atoms with van der Waals surface area (Å²) in [6.45, 7) is 6.15. The van der Waals surface area contributed by atoms with Crippen LogP contribution in [0.3, 0.4) is 0 Å². The Kier molecular flexibility index (Phi) is 4.94. The number of amides is 1. The van der Waals surface area contributed by atoms with Crippen LogP contribution in [0.4, 0.5) is 10.1 Å². The van der Waals surface area contributed by atoms with Gasteiger partial charge in [0.2, 0.25) is 5.91 Å². The van der Waals surface area contributed by atoms with E-state index in [1.165, 1.54) is 17.7 Å². The number of anilines is 1. The number of carbonyl (C=O) groups is 1. The second-order valence-electron chi connectivity index (χ2n) is 5.35. The molecule has 1 aromatic rings. The number of nitrogens with zero attached hydrogens (tertiary/aromatic N) is 1. The van der Waals surface area contributed by atoms with E-state index in [1.807, 2.05) is 6.92 Å². The molecular formula is C18H22FNO. The van der Waals surface area contributed by atoms with Crippen LogP contribution < -0.4 is 4.90 Å². The van der Waals surface area contributed by atoms with E-state index in [0.717, 1.165) is 18.5 Å². The van der Waals surface area contributed by atoms with Gasteiger partial charge in [-0.05, 0) is 42.7 Å². The second kappa shape index (κ2) is 6.70. The number of hydrogen-bond acceptors (Lipinski definition) is 1. The van der Waals surface area contributed by atoms with Crippen molar-refractivity contribution in [3.63, 3.8) is 0 Å². The van der Waals surface area contributed by atoms with E-state index in [1.54, 1.807) is 17.0 Å². The van der Waals surface area contributed by atoms with Crippen LogP contribution in [-0.4, -0.2) is 11.9 Å². The molecule has 2 rings (SSSR count). The van der Waals surface area contributed by atoms with E-state index in [0.29, 0.717) is 0 Å². The maximum Gasteiger partial charge on any atom is 0.232 e. The Morgan fingerprint density at radius 1 is 1.29 bits per heavy atom. The highest BCUT2D eigenvalue weighted by Gasteiger charge is 2.46. The van der Waals surface area contributed by atoms with Crippen molar-refractivity contribution < 1.29 is 9.18 Å². The van der Waals surface area contributed by atoms with Gasteiger partial charge >= 0.3 is 0 Å². The average Bonchev–Trinajstić information content (AvgIpc) is 2.50.